The Morgan fingerprint density at radius 2 is 1.56 bits per heavy atom. The molecule has 3 heteroatoms. The third-order valence-electron chi connectivity index (χ3n) is 2.27. The maximum Gasteiger partial charge on any atom is 0.260 e. The molecule has 0 radical (unpaired) electrons. The number of hydrogen-bond acceptors (Lipinski definition) is 2. The number of carbonyl (C=O) groups is 2. The SMILES string of the molecule is CN(C(=O)c1ccccc1)C(=O)C(C)(C)C. The Hall–Kier alpha value is -1.64. The summed E-state index contributed by atoms with van der Waals surface area (Å²) < 4.78 is 0. The lowest BCUT2D eigenvalue weighted by Gasteiger charge is -2.24. The molecule has 16 heavy (non-hydrogen) atoms. The molecular weight excluding hydrogens is 202 g/mol. The van der Waals surface area contributed by atoms with Crippen LogP contribution < -0.4 is 0 Å². The Bertz CT molecular complexity index is 390. The quantitative estimate of drug-likeness (QED) is 0.727. The minimum Gasteiger partial charge on any atom is -0.281 e. The average molecular weight is 219 g/mol. The van der Waals surface area contributed by atoms with E-state index in [0.717, 1.165) is 0 Å². The summed E-state index contributed by atoms with van der Waals surface area (Å²) >= 11 is 0. The lowest BCUT2D eigenvalue weighted by Crippen LogP contribution is -2.40. The van der Waals surface area contributed by atoms with Gasteiger partial charge in [-0.2, -0.15) is 0 Å². The molecule has 0 spiro atoms. The molecular formula is C13H17NO2. The molecule has 1 rings (SSSR count). The van der Waals surface area contributed by atoms with Crippen LogP contribution in [0.5, 0.6) is 0 Å². The number of nitrogens with zero attached hydrogens (tertiary/aromatic N) is 1. The molecule has 86 valence electrons. The number of hydrogen-bond donors (Lipinski definition) is 0. The smallest absolute Gasteiger partial charge is 0.260 e. The summed E-state index contributed by atoms with van der Waals surface area (Å²) in [7, 11) is 1.52. The van der Waals surface area contributed by atoms with Gasteiger partial charge in [0.1, 0.15) is 0 Å². The predicted molar refractivity (Wildman–Crippen MR) is 63.0 cm³/mol. The van der Waals surface area contributed by atoms with Crippen LogP contribution in [0.25, 0.3) is 0 Å². The number of imide groups is 1. The van der Waals surface area contributed by atoms with E-state index in [-0.39, 0.29) is 11.8 Å². The molecule has 0 heterocycles. The van der Waals surface area contributed by atoms with E-state index >= 15 is 0 Å². The first kappa shape index (κ1) is 12.4. The van der Waals surface area contributed by atoms with Crippen molar-refractivity contribution >= 4 is 11.8 Å². The van der Waals surface area contributed by atoms with Gasteiger partial charge in [-0.3, -0.25) is 14.5 Å². The molecule has 0 aromatic heterocycles. The highest BCUT2D eigenvalue weighted by atomic mass is 16.2. The number of benzene rings is 1. The van der Waals surface area contributed by atoms with E-state index in [4.69, 9.17) is 0 Å². The zero-order chi connectivity index (χ0) is 12.3. The van der Waals surface area contributed by atoms with Gasteiger partial charge in [0.25, 0.3) is 5.91 Å². The Morgan fingerprint density at radius 3 is 2.00 bits per heavy atom. The van der Waals surface area contributed by atoms with Gasteiger partial charge in [0, 0.05) is 18.0 Å². The van der Waals surface area contributed by atoms with E-state index in [1.807, 2.05) is 6.07 Å². The highest BCUT2D eigenvalue weighted by Crippen LogP contribution is 2.17. The van der Waals surface area contributed by atoms with Crippen molar-refractivity contribution in [3.8, 4) is 0 Å². The summed E-state index contributed by atoms with van der Waals surface area (Å²) in [5.74, 6) is -0.443. The molecule has 3 nitrogen and oxygen atoms in total. The second-order valence-electron chi connectivity index (χ2n) is 4.79. The summed E-state index contributed by atoms with van der Waals surface area (Å²) in [6, 6.07) is 8.80. The first-order chi connectivity index (χ1) is 7.34. The summed E-state index contributed by atoms with van der Waals surface area (Å²) in [5.41, 5.74) is -0.0123. The fraction of sp³-hybridized carbons (Fsp3) is 0.385. The van der Waals surface area contributed by atoms with Gasteiger partial charge in [0.05, 0.1) is 0 Å². The molecule has 0 aliphatic heterocycles. The van der Waals surface area contributed by atoms with Crippen LogP contribution in [0.15, 0.2) is 30.3 Å². The predicted octanol–water partition coefficient (Wildman–Crippen LogP) is 2.33. The first-order valence-electron chi connectivity index (χ1n) is 5.21. The molecule has 0 N–H and O–H groups in total. The normalized spacial score (nSPS) is 11.0. The fourth-order valence-electron chi connectivity index (χ4n) is 1.37. The van der Waals surface area contributed by atoms with Gasteiger partial charge in [0.2, 0.25) is 5.91 Å². The van der Waals surface area contributed by atoms with Crippen molar-refractivity contribution in [1.82, 2.24) is 4.90 Å². The number of carbonyl (C=O) groups excluding carboxylic acids is 2. The summed E-state index contributed by atoms with van der Waals surface area (Å²) in [6.07, 6.45) is 0. The van der Waals surface area contributed by atoms with Crippen molar-refractivity contribution in [3.05, 3.63) is 35.9 Å². The molecule has 0 saturated heterocycles. The third-order valence-corrected chi connectivity index (χ3v) is 2.27. The van der Waals surface area contributed by atoms with Crippen LogP contribution in [0.2, 0.25) is 0 Å². The Morgan fingerprint density at radius 1 is 1.06 bits per heavy atom. The lowest BCUT2D eigenvalue weighted by atomic mass is 9.94. The van der Waals surface area contributed by atoms with Gasteiger partial charge in [-0.15, -0.1) is 0 Å². The van der Waals surface area contributed by atoms with E-state index in [0.29, 0.717) is 5.56 Å². The summed E-state index contributed by atoms with van der Waals surface area (Å²) in [6.45, 7) is 5.39. The van der Waals surface area contributed by atoms with E-state index < -0.39 is 5.41 Å². The highest BCUT2D eigenvalue weighted by molar-refractivity contribution is 6.05. The summed E-state index contributed by atoms with van der Waals surface area (Å²) in [4.78, 5) is 25.0. The second-order valence-corrected chi connectivity index (χ2v) is 4.79. The third kappa shape index (κ3) is 2.69. The lowest BCUT2D eigenvalue weighted by molar-refractivity contribution is -0.135. The molecule has 0 fully saturated rings. The van der Waals surface area contributed by atoms with Gasteiger partial charge in [-0.05, 0) is 12.1 Å². The molecule has 2 amide bonds. The maximum atomic E-state index is 11.9. The van der Waals surface area contributed by atoms with Crippen LogP contribution in [0.3, 0.4) is 0 Å². The first-order valence-corrected chi connectivity index (χ1v) is 5.21. The van der Waals surface area contributed by atoms with Gasteiger partial charge in [0.15, 0.2) is 0 Å². The van der Waals surface area contributed by atoms with Gasteiger partial charge in [-0.25, -0.2) is 0 Å². The molecule has 0 aliphatic carbocycles. The molecule has 0 bridgehead atoms. The van der Waals surface area contributed by atoms with E-state index in [2.05, 4.69) is 0 Å². The minimum atomic E-state index is -0.542. The molecule has 0 saturated carbocycles. The second kappa shape index (κ2) is 4.47. The van der Waals surface area contributed by atoms with Crippen molar-refractivity contribution < 1.29 is 9.59 Å². The molecule has 1 aromatic rings. The van der Waals surface area contributed by atoms with E-state index in [9.17, 15) is 9.59 Å². The highest BCUT2D eigenvalue weighted by Gasteiger charge is 2.28. The Kier molecular flexibility index (Phi) is 3.48. The van der Waals surface area contributed by atoms with Crippen LogP contribution >= 0.6 is 0 Å². The van der Waals surface area contributed by atoms with Crippen molar-refractivity contribution in [1.29, 1.82) is 0 Å². The number of rotatable bonds is 1. The van der Waals surface area contributed by atoms with Gasteiger partial charge >= 0.3 is 0 Å². The monoisotopic (exact) mass is 219 g/mol. The summed E-state index contributed by atoms with van der Waals surface area (Å²) in [5, 5.41) is 0. The number of amides is 2. The van der Waals surface area contributed by atoms with Crippen LogP contribution in [0, 0.1) is 5.41 Å². The largest absolute Gasteiger partial charge is 0.281 e. The standard InChI is InChI=1S/C13H17NO2/c1-13(2,3)12(16)14(4)11(15)10-8-6-5-7-9-10/h5-9H,1-4H3. The van der Waals surface area contributed by atoms with Crippen LogP contribution in [-0.4, -0.2) is 23.8 Å². The van der Waals surface area contributed by atoms with Crippen molar-refractivity contribution in [2.24, 2.45) is 5.41 Å². The van der Waals surface area contributed by atoms with E-state index in [1.54, 1.807) is 45.0 Å². The maximum absolute atomic E-state index is 11.9. The zero-order valence-corrected chi connectivity index (χ0v) is 10.2. The van der Waals surface area contributed by atoms with Gasteiger partial charge in [-0.1, -0.05) is 39.0 Å². The van der Waals surface area contributed by atoms with Gasteiger partial charge < -0.3 is 0 Å². The van der Waals surface area contributed by atoms with Crippen LogP contribution in [-0.2, 0) is 4.79 Å². The van der Waals surface area contributed by atoms with Crippen molar-refractivity contribution in [2.75, 3.05) is 7.05 Å². The Balaban J connectivity index is 2.88. The topological polar surface area (TPSA) is 37.4 Å². The van der Waals surface area contributed by atoms with Crippen molar-refractivity contribution in [3.63, 3.8) is 0 Å². The minimum absolute atomic E-state index is 0.179. The molecule has 0 atom stereocenters. The average Bonchev–Trinajstić information content (AvgIpc) is 2.26. The van der Waals surface area contributed by atoms with Crippen molar-refractivity contribution in [2.45, 2.75) is 20.8 Å². The fourth-order valence-corrected chi connectivity index (χ4v) is 1.37. The van der Waals surface area contributed by atoms with E-state index in [1.165, 1.54) is 11.9 Å². The zero-order valence-electron chi connectivity index (χ0n) is 10.2. The van der Waals surface area contributed by atoms with Crippen LogP contribution in [0.4, 0.5) is 0 Å². The Labute approximate surface area is 96.1 Å². The molecule has 0 unspecified atom stereocenters. The van der Waals surface area contributed by atoms with Crippen LogP contribution in [0.1, 0.15) is 31.1 Å². The molecule has 0 aliphatic rings. The molecule has 1 aromatic carbocycles.